The van der Waals surface area contributed by atoms with Gasteiger partial charge in [0.15, 0.2) is 11.6 Å². The van der Waals surface area contributed by atoms with Gasteiger partial charge in [0, 0.05) is 18.8 Å². The number of carbonyl (C=O) groups is 8. The van der Waals surface area contributed by atoms with Crippen LogP contribution in [-0.2, 0) is 59.1 Å². The van der Waals surface area contributed by atoms with Crippen molar-refractivity contribution >= 4 is 47.4 Å². The van der Waals surface area contributed by atoms with Crippen LogP contribution in [0.15, 0.2) is 30.3 Å². The molecule has 47 heavy (non-hydrogen) atoms. The second-order valence-electron chi connectivity index (χ2n) is 10.7. The van der Waals surface area contributed by atoms with Gasteiger partial charge in [-0.15, -0.1) is 0 Å². The zero-order valence-electron chi connectivity index (χ0n) is 27.0. The average molecular weight is 668 g/mol. The van der Waals surface area contributed by atoms with Crippen LogP contribution in [0.2, 0.25) is 0 Å². The van der Waals surface area contributed by atoms with E-state index in [1.54, 1.807) is 44.2 Å². The third-order valence-corrected chi connectivity index (χ3v) is 6.92. The molecule has 0 spiro atoms. The van der Waals surface area contributed by atoms with E-state index < -0.39 is 103 Å². The Hall–Kier alpha value is -4.89. The summed E-state index contributed by atoms with van der Waals surface area (Å²) in [6.07, 6.45) is -3.40. The van der Waals surface area contributed by atoms with E-state index in [1.165, 1.54) is 0 Å². The highest BCUT2D eigenvalue weighted by Crippen LogP contribution is 2.17. The van der Waals surface area contributed by atoms with Crippen molar-refractivity contribution in [3.63, 3.8) is 0 Å². The van der Waals surface area contributed by atoms with Crippen molar-refractivity contribution in [1.82, 2.24) is 16.0 Å². The van der Waals surface area contributed by atoms with Crippen LogP contribution in [0.4, 0.5) is 9.18 Å². The predicted molar refractivity (Wildman–Crippen MR) is 161 cm³/mol. The van der Waals surface area contributed by atoms with Gasteiger partial charge in [0.2, 0.25) is 11.8 Å². The first-order valence-electron chi connectivity index (χ1n) is 14.7. The molecule has 0 radical (unpaired) electrons. The van der Waals surface area contributed by atoms with E-state index in [2.05, 4.69) is 30.2 Å². The Kier molecular flexibility index (Phi) is 17.9. The minimum Gasteiger partial charge on any atom is -0.469 e. The first-order valence-corrected chi connectivity index (χ1v) is 14.7. The summed E-state index contributed by atoms with van der Waals surface area (Å²) in [4.78, 5) is 100. The zero-order chi connectivity index (χ0) is 35.5. The summed E-state index contributed by atoms with van der Waals surface area (Å²) in [7, 11) is 3.26. The summed E-state index contributed by atoms with van der Waals surface area (Å²) in [5.41, 5.74) is 0.660. The van der Waals surface area contributed by atoms with Gasteiger partial charge >= 0.3 is 24.0 Å². The highest BCUT2D eigenvalue weighted by Gasteiger charge is 2.34. The van der Waals surface area contributed by atoms with Gasteiger partial charge in [-0.2, -0.15) is 0 Å². The number of halogens is 1. The summed E-state index contributed by atoms with van der Waals surface area (Å²) in [6, 6.07) is 4.27. The minimum absolute atomic E-state index is 0.133. The maximum absolute atomic E-state index is 13.5. The molecule has 0 bridgehead atoms. The number of benzene rings is 1. The molecule has 3 amide bonds. The van der Waals surface area contributed by atoms with Crippen LogP contribution in [0.25, 0.3) is 0 Å². The molecular weight excluding hydrogens is 625 g/mol. The van der Waals surface area contributed by atoms with Gasteiger partial charge in [-0.25, -0.2) is 9.18 Å². The molecule has 1 rings (SSSR count). The van der Waals surface area contributed by atoms with Gasteiger partial charge < -0.3 is 34.9 Å². The molecule has 0 saturated carbocycles. The van der Waals surface area contributed by atoms with Crippen LogP contribution in [0, 0.1) is 11.8 Å². The molecule has 0 aliphatic carbocycles. The Balaban J connectivity index is 3.17. The number of hydrogen-bond donors (Lipinski definition) is 3. The molecule has 3 N–H and O–H groups in total. The van der Waals surface area contributed by atoms with Gasteiger partial charge in [-0.3, -0.25) is 33.6 Å². The Morgan fingerprint density at radius 1 is 0.702 bits per heavy atom. The summed E-state index contributed by atoms with van der Waals surface area (Å²) in [6.45, 7) is 1.51. The molecule has 0 heterocycles. The molecule has 15 nitrogen and oxygen atoms in total. The van der Waals surface area contributed by atoms with Crippen molar-refractivity contribution < 1.29 is 61.7 Å². The van der Waals surface area contributed by atoms with Crippen LogP contribution >= 0.6 is 0 Å². The summed E-state index contributed by atoms with van der Waals surface area (Å²) in [5, 5.41) is 7.04. The lowest BCUT2D eigenvalue weighted by molar-refractivity contribution is -0.144. The van der Waals surface area contributed by atoms with Crippen molar-refractivity contribution in [2.45, 2.75) is 70.7 Å². The van der Waals surface area contributed by atoms with Crippen LogP contribution in [0.1, 0.15) is 51.5 Å². The Bertz CT molecular complexity index is 1260. The molecule has 0 saturated heterocycles. The number of alkyl carbamates (subject to hydrolysis) is 1. The minimum atomic E-state index is -1.57. The third kappa shape index (κ3) is 14.8. The molecule has 4 atom stereocenters. The number of Topliss-reactive ketones (excluding diaryl/α,β-unsaturated/α-hetero) is 2. The Morgan fingerprint density at radius 3 is 1.77 bits per heavy atom. The number of ether oxygens (including phenoxy) is 4. The lowest BCUT2D eigenvalue weighted by Gasteiger charge is -2.27. The van der Waals surface area contributed by atoms with Crippen molar-refractivity contribution in [2.75, 3.05) is 28.0 Å². The maximum atomic E-state index is 13.5. The number of rotatable bonds is 20. The molecule has 0 fully saturated rings. The van der Waals surface area contributed by atoms with E-state index in [9.17, 15) is 42.7 Å². The number of methoxy groups -OCH3 is 3. The molecule has 1 aromatic carbocycles. The highest BCUT2D eigenvalue weighted by molar-refractivity contribution is 5.97. The monoisotopic (exact) mass is 667 g/mol. The number of alkyl halides is 1. The molecule has 260 valence electrons. The van der Waals surface area contributed by atoms with Crippen LogP contribution in [0.3, 0.4) is 0 Å². The quantitative estimate of drug-likeness (QED) is 0.132. The van der Waals surface area contributed by atoms with Gasteiger partial charge in [0.05, 0.1) is 34.2 Å². The van der Waals surface area contributed by atoms with Gasteiger partial charge in [0.25, 0.3) is 0 Å². The summed E-state index contributed by atoms with van der Waals surface area (Å²) in [5.74, 6) is -7.96. The van der Waals surface area contributed by atoms with Crippen LogP contribution in [-0.4, -0.2) is 93.5 Å². The van der Waals surface area contributed by atoms with Crippen molar-refractivity contribution in [2.24, 2.45) is 11.8 Å². The lowest BCUT2D eigenvalue weighted by Crippen LogP contribution is -2.55. The fourth-order valence-corrected chi connectivity index (χ4v) is 4.16. The molecular formula is C31H42FN3O12. The summed E-state index contributed by atoms with van der Waals surface area (Å²) >= 11 is 0. The molecule has 1 aromatic rings. The molecule has 16 heteroatoms. The summed E-state index contributed by atoms with van der Waals surface area (Å²) < 4.78 is 32.0. The van der Waals surface area contributed by atoms with Crippen molar-refractivity contribution in [3.8, 4) is 0 Å². The van der Waals surface area contributed by atoms with Crippen LogP contribution in [0.5, 0.6) is 0 Å². The highest BCUT2D eigenvalue weighted by atomic mass is 19.1. The van der Waals surface area contributed by atoms with Gasteiger partial charge in [0.1, 0.15) is 31.4 Å². The van der Waals surface area contributed by atoms with E-state index in [4.69, 9.17) is 4.74 Å². The SMILES string of the molecule is COC(=O)CCC(CC(=O)[C@H](CC(=O)OC)NC(=O)OCc1ccccc1)C(=O)NC(C(=O)NC(CC(=O)OC)C(=O)CF)C(C)C. The van der Waals surface area contributed by atoms with E-state index >= 15 is 0 Å². The average Bonchev–Trinajstić information content (AvgIpc) is 3.06. The topological polar surface area (TPSA) is 210 Å². The first-order chi connectivity index (χ1) is 22.3. The number of carbonyl (C=O) groups excluding carboxylic acids is 8. The fraction of sp³-hybridized carbons (Fsp3) is 0.548. The van der Waals surface area contributed by atoms with E-state index in [0.29, 0.717) is 5.56 Å². The van der Waals surface area contributed by atoms with Crippen molar-refractivity contribution in [1.29, 1.82) is 0 Å². The molecule has 0 aromatic heterocycles. The molecule has 0 aliphatic heterocycles. The van der Waals surface area contributed by atoms with Crippen molar-refractivity contribution in [3.05, 3.63) is 35.9 Å². The zero-order valence-corrected chi connectivity index (χ0v) is 27.0. The van der Waals surface area contributed by atoms with E-state index in [0.717, 1.165) is 21.3 Å². The lowest BCUT2D eigenvalue weighted by atomic mass is 9.91. The second-order valence-corrected chi connectivity index (χ2v) is 10.7. The van der Waals surface area contributed by atoms with E-state index in [-0.39, 0.29) is 19.4 Å². The number of hydrogen-bond acceptors (Lipinski definition) is 12. The number of nitrogens with one attached hydrogen (secondary N) is 3. The smallest absolute Gasteiger partial charge is 0.408 e. The van der Waals surface area contributed by atoms with Gasteiger partial charge in [-0.05, 0) is 17.9 Å². The first kappa shape index (κ1) is 40.1. The standard InChI is InChI=1S/C31H42FN3O12/c1-18(2)28(30(42)33-22(24(37)16-32)15-27(40)46-5)35-29(41)20(11-12-25(38)44-3)13-23(36)21(14-26(39)45-4)34-31(43)47-17-19-9-7-6-8-10-19/h6-10,18,20-22,28H,11-17H2,1-5H3,(H,33,42)(H,34,43)(H,35,41)/t20?,21-,22?,28?/m0/s1. The molecule has 0 aliphatic rings. The Morgan fingerprint density at radius 2 is 1.26 bits per heavy atom. The maximum Gasteiger partial charge on any atom is 0.408 e. The normalized spacial score (nSPS) is 13.2. The third-order valence-electron chi connectivity index (χ3n) is 6.92. The molecule has 3 unspecified atom stereocenters. The number of amides is 3. The number of ketones is 2. The Labute approximate surface area is 271 Å². The fourth-order valence-electron chi connectivity index (χ4n) is 4.16. The number of esters is 3. The second kappa shape index (κ2) is 21.0. The van der Waals surface area contributed by atoms with Crippen LogP contribution < -0.4 is 16.0 Å². The predicted octanol–water partition coefficient (Wildman–Crippen LogP) is 1.10. The largest absolute Gasteiger partial charge is 0.469 e. The van der Waals surface area contributed by atoms with E-state index in [1.807, 2.05) is 0 Å². The van der Waals surface area contributed by atoms with Gasteiger partial charge in [-0.1, -0.05) is 44.2 Å².